The maximum absolute atomic E-state index is 12.1. The first-order chi connectivity index (χ1) is 7.84. The third-order valence-electron chi connectivity index (χ3n) is 2.94. The predicted octanol–water partition coefficient (Wildman–Crippen LogP) is 1.32. The van der Waals surface area contributed by atoms with E-state index in [1.54, 1.807) is 11.8 Å². The lowest BCUT2D eigenvalue weighted by Crippen LogP contribution is -2.63. The van der Waals surface area contributed by atoms with Gasteiger partial charge in [0.25, 0.3) is 0 Å². The van der Waals surface area contributed by atoms with Crippen LogP contribution in [-0.4, -0.2) is 35.3 Å². The molecule has 0 bridgehead atoms. The number of carbonyl (C=O) groups excluding carboxylic acids is 2. The van der Waals surface area contributed by atoms with Gasteiger partial charge in [0, 0.05) is 6.54 Å². The highest BCUT2D eigenvalue weighted by Gasteiger charge is 2.39. The lowest BCUT2D eigenvalue weighted by Gasteiger charge is -2.39. The van der Waals surface area contributed by atoms with Crippen LogP contribution in [0.4, 0.5) is 0 Å². The molecule has 0 aromatic heterocycles. The van der Waals surface area contributed by atoms with Crippen molar-refractivity contribution >= 4 is 11.8 Å². The van der Waals surface area contributed by atoms with Crippen LogP contribution < -0.4 is 5.32 Å². The average Bonchev–Trinajstić information content (AvgIpc) is 2.20. The zero-order chi connectivity index (χ0) is 13.2. The van der Waals surface area contributed by atoms with Gasteiger partial charge in [-0.3, -0.25) is 9.59 Å². The summed E-state index contributed by atoms with van der Waals surface area (Å²) in [5.41, 5.74) is 1.15. The summed E-state index contributed by atoms with van der Waals surface area (Å²) in [4.78, 5) is 25.7. The van der Waals surface area contributed by atoms with Crippen molar-refractivity contribution in [3.63, 3.8) is 0 Å². The zero-order valence-corrected chi connectivity index (χ0v) is 11.3. The van der Waals surface area contributed by atoms with E-state index in [1.165, 1.54) is 0 Å². The molecule has 0 saturated carbocycles. The topological polar surface area (TPSA) is 49.4 Å². The third kappa shape index (κ3) is 3.08. The highest BCUT2D eigenvalue weighted by atomic mass is 16.2. The minimum atomic E-state index is -0.414. The molecule has 4 nitrogen and oxygen atoms in total. The zero-order valence-electron chi connectivity index (χ0n) is 11.3. The van der Waals surface area contributed by atoms with Crippen LogP contribution in [0.25, 0.3) is 0 Å². The molecule has 0 spiro atoms. The molecule has 1 aliphatic heterocycles. The molecule has 1 saturated heterocycles. The number of hydrogen-bond acceptors (Lipinski definition) is 2. The van der Waals surface area contributed by atoms with Crippen molar-refractivity contribution < 1.29 is 9.59 Å². The van der Waals surface area contributed by atoms with Crippen LogP contribution in [0.2, 0.25) is 0 Å². The van der Waals surface area contributed by atoms with Crippen LogP contribution in [0.1, 0.15) is 34.6 Å². The fourth-order valence-electron chi connectivity index (χ4n) is 2.03. The van der Waals surface area contributed by atoms with Gasteiger partial charge in [-0.2, -0.15) is 0 Å². The summed E-state index contributed by atoms with van der Waals surface area (Å²) in [5.74, 6) is 0.0760. The average molecular weight is 238 g/mol. The molecule has 0 aliphatic carbocycles. The van der Waals surface area contributed by atoms with E-state index in [2.05, 4.69) is 5.32 Å². The van der Waals surface area contributed by atoms with E-state index >= 15 is 0 Å². The number of amides is 2. The van der Waals surface area contributed by atoms with Gasteiger partial charge in [-0.1, -0.05) is 25.5 Å². The van der Waals surface area contributed by atoms with Crippen LogP contribution in [0, 0.1) is 5.92 Å². The Kier molecular flexibility index (Phi) is 4.32. The Morgan fingerprint density at radius 1 is 1.41 bits per heavy atom. The molecule has 2 atom stereocenters. The number of rotatable bonds is 3. The minimum Gasteiger partial charge on any atom is -0.343 e. The molecule has 2 unspecified atom stereocenters. The second-order valence-electron chi connectivity index (χ2n) is 5.19. The Labute approximate surface area is 103 Å². The number of nitrogens with one attached hydrogen (secondary N) is 1. The first kappa shape index (κ1) is 13.7. The molecule has 17 heavy (non-hydrogen) atoms. The number of piperazine rings is 1. The number of carbonyl (C=O) groups is 2. The lowest BCUT2D eigenvalue weighted by atomic mass is 9.97. The summed E-state index contributed by atoms with van der Waals surface area (Å²) >= 11 is 0. The van der Waals surface area contributed by atoms with Crippen LogP contribution in [-0.2, 0) is 9.59 Å². The Morgan fingerprint density at radius 3 is 2.47 bits per heavy atom. The molecule has 0 aromatic carbocycles. The van der Waals surface area contributed by atoms with E-state index in [4.69, 9.17) is 0 Å². The molecule has 1 aliphatic rings. The summed E-state index contributed by atoms with van der Waals surface area (Å²) in [5, 5.41) is 2.73. The normalized spacial score (nSPS) is 24.9. The first-order valence-corrected chi connectivity index (χ1v) is 6.08. The molecule has 1 fully saturated rings. The van der Waals surface area contributed by atoms with Crippen molar-refractivity contribution in [1.29, 1.82) is 0 Å². The van der Waals surface area contributed by atoms with Crippen LogP contribution >= 0.6 is 0 Å². The van der Waals surface area contributed by atoms with Gasteiger partial charge in [0.1, 0.15) is 12.1 Å². The van der Waals surface area contributed by atoms with Crippen molar-refractivity contribution in [2.75, 3.05) is 6.54 Å². The molecule has 0 radical (unpaired) electrons. The van der Waals surface area contributed by atoms with Gasteiger partial charge >= 0.3 is 0 Å². The van der Waals surface area contributed by atoms with Gasteiger partial charge < -0.3 is 10.2 Å². The van der Waals surface area contributed by atoms with Gasteiger partial charge in [-0.15, -0.1) is 0 Å². The first-order valence-electron chi connectivity index (χ1n) is 6.08. The van der Waals surface area contributed by atoms with Gasteiger partial charge in [0.2, 0.25) is 11.8 Å². The van der Waals surface area contributed by atoms with Gasteiger partial charge in [-0.25, -0.2) is 0 Å². The van der Waals surface area contributed by atoms with Gasteiger partial charge in [-0.05, 0) is 26.7 Å². The molecule has 0 aromatic rings. The highest BCUT2D eigenvalue weighted by Crippen LogP contribution is 2.17. The van der Waals surface area contributed by atoms with Crippen molar-refractivity contribution in [3.05, 3.63) is 11.6 Å². The summed E-state index contributed by atoms with van der Waals surface area (Å²) in [6.07, 6.45) is 1.98. The monoisotopic (exact) mass is 238 g/mol. The SMILES string of the molecule is CC(C)=CCN1C(=O)C(C)NC(=O)C1C(C)C. The Morgan fingerprint density at radius 2 is 2.00 bits per heavy atom. The van der Waals surface area contributed by atoms with Crippen LogP contribution in [0.5, 0.6) is 0 Å². The van der Waals surface area contributed by atoms with Crippen LogP contribution in [0.15, 0.2) is 11.6 Å². The standard InChI is InChI=1S/C13H22N2O2/c1-8(2)6-7-15-11(9(3)4)12(16)14-10(5)13(15)17/h6,9-11H,7H2,1-5H3,(H,14,16). The smallest absolute Gasteiger partial charge is 0.245 e. The molecule has 4 heteroatoms. The number of hydrogen-bond donors (Lipinski definition) is 1. The molecule has 1 rings (SSSR count). The van der Waals surface area contributed by atoms with E-state index in [9.17, 15) is 9.59 Å². The fourth-order valence-corrected chi connectivity index (χ4v) is 2.03. The van der Waals surface area contributed by atoms with Crippen molar-refractivity contribution in [2.45, 2.75) is 46.7 Å². The van der Waals surface area contributed by atoms with Crippen molar-refractivity contribution in [2.24, 2.45) is 5.92 Å². The molecule has 1 N–H and O–H groups in total. The second kappa shape index (κ2) is 5.34. The largest absolute Gasteiger partial charge is 0.343 e. The van der Waals surface area contributed by atoms with E-state index in [1.807, 2.05) is 33.8 Å². The molecular formula is C13H22N2O2. The molecular weight excluding hydrogens is 216 g/mol. The van der Waals surface area contributed by atoms with Crippen molar-refractivity contribution in [1.82, 2.24) is 10.2 Å². The second-order valence-corrected chi connectivity index (χ2v) is 5.19. The predicted molar refractivity (Wildman–Crippen MR) is 67.4 cm³/mol. The third-order valence-corrected chi connectivity index (χ3v) is 2.94. The fraction of sp³-hybridized carbons (Fsp3) is 0.692. The number of allylic oxidation sites excluding steroid dienone is 1. The van der Waals surface area contributed by atoms with E-state index in [0.29, 0.717) is 6.54 Å². The van der Waals surface area contributed by atoms with Crippen molar-refractivity contribution in [3.8, 4) is 0 Å². The van der Waals surface area contributed by atoms with Crippen LogP contribution in [0.3, 0.4) is 0 Å². The maximum atomic E-state index is 12.1. The highest BCUT2D eigenvalue weighted by molar-refractivity contribution is 5.96. The summed E-state index contributed by atoms with van der Waals surface area (Å²) < 4.78 is 0. The van der Waals surface area contributed by atoms with Gasteiger partial charge in [0.05, 0.1) is 0 Å². The molecule has 96 valence electrons. The maximum Gasteiger partial charge on any atom is 0.245 e. The Bertz CT molecular complexity index is 343. The van der Waals surface area contributed by atoms with E-state index in [-0.39, 0.29) is 23.8 Å². The summed E-state index contributed by atoms with van der Waals surface area (Å²) in [6.45, 7) is 10.1. The van der Waals surface area contributed by atoms with Gasteiger partial charge in [0.15, 0.2) is 0 Å². The molecule has 1 heterocycles. The molecule has 2 amide bonds. The minimum absolute atomic E-state index is 0.000741. The van der Waals surface area contributed by atoms with E-state index in [0.717, 1.165) is 5.57 Å². The summed E-state index contributed by atoms with van der Waals surface area (Å²) in [7, 11) is 0. The summed E-state index contributed by atoms with van der Waals surface area (Å²) in [6, 6.07) is -0.766. The Balaban J connectivity index is 2.94. The lowest BCUT2D eigenvalue weighted by molar-refractivity contribution is -0.149. The van der Waals surface area contributed by atoms with E-state index < -0.39 is 6.04 Å². The quantitative estimate of drug-likeness (QED) is 0.754. The Hall–Kier alpha value is -1.32. The number of nitrogens with zero attached hydrogens (tertiary/aromatic N) is 1.